The lowest BCUT2D eigenvalue weighted by Gasteiger charge is -2.23. The van der Waals surface area contributed by atoms with Crippen molar-refractivity contribution in [1.29, 1.82) is 0 Å². The predicted molar refractivity (Wildman–Crippen MR) is 76.1 cm³/mol. The molecule has 0 aliphatic carbocycles. The summed E-state index contributed by atoms with van der Waals surface area (Å²) >= 11 is 0. The first kappa shape index (κ1) is 13.4. The summed E-state index contributed by atoms with van der Waals surface area (Å²) in [5, 5.41) is 4.40. The molecule has 4 nitrogen and oxygen atoms in total. The van der Waals surface area contributed by atoms with Crippen LogP contribution in [0.25, 0.3) is 0 Å². The Morgan fingerprint density at radius 2 is 2.11 bits per heavy atom. The van der Waals surface area contributed by atoms with Gasteiger partial charge in [0.05, 0.1) is 11.4 Å². The zero-order chi connectivity index (χ0) is 14.0. The fourth-order valence-electron chi connectivity index (χ4n) is 2.27. The smallest absolute Gasteiger partial charge is 0.154 e. The van der Waals surface area contributed by atoms with E-state index >= 15 is 0 Å². The zero-order valence-corrected chi connectivity index (χ0v) is 11.5. The van der Waals surface area contributed by atoms with Crippen molar-refractivity contribution in [1.82, 2.24) is 9.78 Å². The number of hydrogen-bond acceptors (Lipinski definition) is 3. The van der Waals surface area contributed by atoms with Crippen molar-refractivity contribution in [3.63, 3.8) is 0 Å². The largest absolute Gasteiger partial charge is 0.394 e. The topological polar surface area (TPSA) is 47.1 Å². The molecule has 0 aliphatic rings. The molecule has 1 aromatic heterocycles. The van der Waals surface area contributed by atoms with Gasteiger partial charge in [0.15, 0.2) is 5.82 Å². The van der Waals surface area contributed by atoms with Crippen molar-refractivity contribution in [3.05, 3.63) is 35.8 Å². The Morgan fingerprint density at radius 3 is 2.63 bits per heavy atom. The highest BCUT2D eigenvalue weighted by Gasteiger charge is 2.18. The molecular formula is C14H19FN4. The van der Waals surface area contributed by atoms with Gasteiger partial charge in [-0.1, -0.05) is 13.0 Å². The Labute approximate surface area is 112 Å². The van der Waals surface area contributed by atoms with Crippen molar-refractivity contribution < 1.29 is 4.39 Å². The molecule has 2 aromatic rings. The summed E-state index contributed by atoms with van der Waals surface area (Å²) in [6, 6.07) is 6.49. The lowest BCUT2D eigenvalue weighted by Crippen LogP contribution is -2.20. The van der Waals surface area contributed by atoms with E-state index in [0.29, 0.717) is 12.2 Å². The van der Waals surface area contributed by atoms with E-state index in [1.807, 2.05) is 31.9 Å². The molecule has 19 heavy (non-hydrogen) atoms. The summed E-state index contributed by atoms with van der Waals surface area (Å²) in [6.07, 6.45) is 0.778. The third kappa shape index (κ3) is 2.41. The number of anilines is 3. The van der Waals surface area contributed by atoms with E-state index in [9.17, 15) is 4.39 Å². The minimum atomic E-state index is -0.257. The lowest BCUT2D eigenvalue weighted by atomic mass is 10.2. The van der Waals surface area contributed by atoms with E-state index in [1.54, 1.807) is 10.7 Å². The van der Waals surface area contributed by atoms with Crippen molar-refractivity contribution >= 4 is 17.2 Å². The highest BCUT2D eigenvalue weighted by Crippen LogP contribution is 2.32. The van der Waals surface area contributed by atoms with Crippen molar-refractivity contribution in [2.24, 2.45) is 7.05 Å². The molecule has 0 amide bonds. The van der Waals surface area contributed by atoms with E-state index in [1.165, 1.54) is 12.1 Å². The number of halogens is 1. The average Bonchev–Trinajstić information content (AvgIpc) is 2.67. The number of aromatic nitrogens is 2. The van der Waals surface area contributed by atoms with Crippen LogP contribution < -0.4 is 10.6 Å². The quantitative estimate of drug-likeness (QED) is 0.921. The number of nitrogens with two attached hydrogens (primary N) is 1. The first-order chi connectivity index (χ1) is 9.08. The lowest BCUT2D eigenvalue weighted by molar-refractivity contribution is 0.627. The van der Waals surface area contributed by atoms with Crippen molar-refractivity contribution in [2.45, 2.75) is 20.3 Å². The Hall–Kier alpha value is -2.04. The summed E-state index contributed by atoms with van der Waals surface area (Å²) in [4.78, 5) is 1.96. The molecule has 0 spiro atoms. The second-order valence-corrected chi connectivity index (χ2v) is 4.39. The standard InChI is InChI=1S/C14H19FN4/c1-4-12-13(16)14(18(3)17-12)19(5-2)11-8-6-7-10(15)9-11/h6-9H,4-5,16H2,1-3H3. The number of aryl methyl sites for hydroxylation is 2. The van der Waals surface area contributed by atoms with Crippen molar-refractivity contribution in [3.8, 4) is 0 Å². The molecule has 0 saturated carbocycles. The van der Waals surface area contributed by atoms with Gasteiger partial charge in [0.1, 0.15) is 5.82 Å². The van der Waals surface area contributed by atoms with Crippen LogP contribution in [-0.4, -0.2) is 16.3 Å². The monoisotopic (exact) mass is 262 g/mol. The van der Waals surface area contributed by atoms with E-state index < -0.39 is 0 Å². The minimum Gasteiger partial charge on any atom is -0.394 e. The molecule has 2 rings (SSSR count). The van der Waals surface area contributed by atoms with Crippen LogP contribution in [0.3, 0.4) is 0 Å². The zero-order valence-electron chi connectivity index (χ0n) is 11.5. The van der Waals surface area contributed by atoms with Gasteiger partial charge in [-0.05, 0) is 31.5 Å². The normalized spacial score (nSPS) is 10.7. The minimum absolute atomic E-state index is 0.257. The van der Waals surface area contributed by atoms with Gasteiger partial charge in [-0.15, -0.1) is 0 Å². The van der Waals surface area contributed by atoms with Crippen LogP contribution in [0.1, 0.15) is 19.5 Å². The van der Waals surface area contributed by atoms with Gasteiger partial charge in [0.2, 0.25) is 0 Å². The second kappa shape index (κ2) is 5.30. The second-order valence-electron chi connectivity index (χ2n) is 4.39. The number of nitrogen functional groups attached to an aromatic ring is 1. The average molecular weight is 262 g/mol. The van der Waals surface area contributed by atoms with Crippen LogP contribution in [0.5, 0.6) is 0 Å². The Kier molecular flexibility index (Phi) is 3.74. The van der Waals surface area contributed by atoms with Crippen LogP contribution >= 0.6 is 0 Å². The summed E-state index contributed by atoms with van der Waals surface area (Å²) in [5.74, 6) is 0.553. The molecule has 0 atom stereocenters. The van der Waals surface area contributed by atoms with Gasteiger partial charge in [0.25, 0.3) is 0 Å². The Bertz CT molecular complexity index is 577. The van der Waals surface area contributed by atoms with Crippen LogP contribution in [-0.2, 0) is 13.5 Å². The summed E-state index contributed by atoms with van der Waals surface area (Å²) < 4.78 is 15.1. The van der Waals surface area contributed by atoms with Gasteiger partial charge in [-0.2, -0.15) is 5.10 Å². The molecule has 2 N–H and O–H groups in total. The molecule has 102 valence electrons. The molecule has 0 bridgehead atoms. The molecule has 0 radical (unpaired) electrons. The summed E-state index contributed by atoms with van der Waals surface area (Å²) in [6.45, 7) is 4.71. The van der Waals surface area contributed by atoms with E-state index in [4.69, 9.17) is 5.73 Å². The maximum Gasteiger partial charge on any atom is 0.154 e. The molecule has 0 aliphatic heterocycles. The van der Waals surface area contributed by atoms with Gasteiger partial charge < -0.3 is 10.6 Å². The maximum absolute atomic E-state index is 13.4. The molecular weight excluding hydrogens is 243 g/mol. The molecule has 1 aromatic carbocycles. The van der Waals surface area contributed by atoms with E-state index in [2.05, 4.69) is 5.10 Å². The fourth-order valence-corrected chi connectivity index (χ4v) is 2.27. The molecule has 1 heterocycles. The number of rotatable bonds is 4. The SMILES string of the molecule is CCc1nn(C)c(N(CC)c2cccc(F)c2)c1N. The molecule has 5 heteroatoms. The Morgan fingerprint density at radius 1 is 1.37 bits per heavy atom. The first-order valence-corrected chi connectivity index (χ1v) is 6.42. The molecule has 0 fully saturated rings. The number of hydrogen-bond donors (Lipinski definition) is 1. The highest BCUT2D eigenvalue weighted by atomic mass is 19.1. The highest BCUT2D eigenvalue weighted by molar-refractivity contribution is 5.73. The summed E-state index contributed by atoms with van der Waals surface area (Å²) in [5.41, 5.74) is 8.46. The Balaban J connectivity index is 2.51. The van der Waals surface area contributed by atoms with E-state index in [0.717, 1.165) is 23.6 Å². The maximum atomic E-state index is 13.4. The van der Waals surface area contributed by atoms with Gasteiger partial charge in [0, 0.05) is 19.3 Å². The number of nitrogens with zero attached hydrogens (tertiary/aromatic N) is 3. The fraction of sp³-hybridized carbons (Fsp3) is 0.357. The van der Waals surface area contributed by atoms with Gasteiger partial charge in [-0.3, -0.25) is 4.68 Å². The molecule has 0 unspecified atom stereocenters. The number of benzene rings is 1. The molecule has 0 saturated heterocycles. The third-order valence-electron chi connectivity index (χ3n) is 3.16. The van der Waals surface area contributed by atoms with Crippen LogP contribution in [0, 0.1) is 5.82 Å². The van der Waals surface area contributed by atoms with E-state index in [-0.39, 0.29) is 5.82 Å². The van der Waals surface area contributed by atoms with Gasteiger partial charge in [-0.25, -0.2) is 4.39 Å². The van der Waals surface area contributed by atoms with Crippen LogP contribution in [0.15, 0.2) is 24.3 Å². The summed E-state index contributed by atoms with van der Waals surface area (Å²) in [7, 11) is 1.85. The van der Waals surface area contributed by atoms with Gasteiger partial charge >= 0.3 is 0 Å². The van der Waals surface area contributed by atoms with Crippen molar-refractivity contribution in [2.75, 3.05) is 17.2 Å². The first-order valence-electron chi connectivity index (χ1n) is 6.42. The predicted octanol–water partition coefficient (Wildman–Crippen LogP) is 2.86. The van der Waals surface area contributed by atoms with Crippen LogP contribution in [0.2, 0.25) is 0 Å². The third-order valence-corrected chi connectivity index (χ3v) is 3.16. The van der Waals surface area contributed by atoms with Crippen LogP contribution in [0.4, 0.5) is 21.6 Å².